The van der Waals surface area contributed by atoms with Crippen molar-refractivity contribution in [2.75, 3.05) is 0 Å². The van der Waals surface area contributed by atoms with Crippen LogP contribution in [0.25, 0.3) is 0 Å². The van der Waals surface area contributed by atoms with Crippen molar-refractivity contribution in [3.63, 3.8) is 0 Å². The number of aliphatic hydroxyl groups excluding tert-OH is 1. The minimum Gasteiger partial charge on any atom is -0.505 e. The molecule has 4 nitrogen and oxygen atoms in total. The van der Waals surface area contributed by atoms with E-state index in [2.05, 4.69) is 6.08 Å². The van der Waals surface area contributed by atoms with Crippen molar-refractivity contribution in [1.82, 2.24) is 4.90 Å². The molecule has 1 amide bonds. The number of allylic oxidation sites excluding steroid dienone is 2. The monoisotopic (exact) mass is 292 g/mol. The molecule has 0 spiro atoms. The van der Waals surface area contributed by atoms with Crippen LogP contribution in [0.3, 0.4) is 0 Å². The number of carbonyl (C=O) groups excluding carboxylic acids is 1. The van der Waals surface area contributed by atoms with Crippen LogP contribution in [-0.4, -0.2) is 27.1 Å². The second kappa shape index (κ2) is 4.49. The number of carbonyl (C=O) groups is 1. The summed E-state index contributed by atoms with van der Waals surface area (Å²) >= 11 is 1.06. The first kappa shape index (κ1) is 12.9. The normalized spacial score (nSPS) is 21.7. The van der Waals surface area contributed by atoms with Crippen LogP contribution in [0.4, 0.5) is 4.39 Å². The third kappa shape index (κ3) is 1.92. The first-order valence-electron chi connectivity index (χ1n) is 5.98. The fourth-order valence-corrected chi connectivity index (χ4v) is 3.04. The van der Waals surface area contributed by atoms with Crippen LogP contribution in [0.15, 0.2) is 40.4 Å². The van der Waals surface area contributed by atoms with Gasteiger partial charge in [-0.2, -0.15) is 0 Å². The van der Waals surface area contributed by atoms with E-state index in [1.54, 1.807) is 12.3 Å². The maximum Gasteiger partial charge on any atom is 0.259 e. The lowest BCUT2D eigenvalue weighted by Gasteiger charge is -2.28. The highest BCUT2D eigenvalue weighted by Crippen LogP contribution is 2.37. The van der Waals surface area contributed by atoms with Gasteiger partial charge in [0.15, 0.2) is 5.06 Å². The van der Waals surface area contributed by atoms with Crippen molar-refractivity contribution in [1.29, 1.82) is 0 Å². The lowest BCUT2D eigenvalue weighted by molar-refractivity contribution is 0.0776. The van der Waals surface area contributed by atoms with Crippen LogP contribution in [0.1, 0.15) is 23.7 Å². The van der Waals surface area contributed by atoms with Gasteiger partial charge < -0.3 is 15.1 Å². The van der Waals surface area contributed by atoms with E-state index in [0.717, 1.165) is 11.3 Å². The summed E-state index contributed by atoms with van der Waals surface area (Å²) in [5.41, 5.74) is 1.52. The standard InChI is InChI=1S/C14H11FNO3S/c1-7-2-8-3-12(17)10(15)5-11(8)16(7)14(19)9-4-13(18)20-6-9/h3-4,6,11,17-18H,5H2,1H3. The van der Waals surface area contributed by atoms with Gasteiger partial charge in [-0.1, -0.05) is 0 Å². The maximum absolute atomic E-state index is 13.6. The van der Waals surface area contributed by atoms with Crippen LogP contribution in [0.2, 0.25) is 0 Å². The molecule has 2 N–H and O–H groups in total. The number of nitrogens with zero attached hydrogens (tertiary/aromatic N) is 1. The average molecular weight is 292 g/mol. The lowest BCUT2D eigenvalue weighted by atomic mass is 9.98. The van der Waals surface area contributed by atoms with Crippen molar-refractivity contribution in [2.24, 2.45) is 0 Å². The molecule has 20 heavy (non-hydrogen) atoms. The molecule has 1 aromatic heterocycles. The van der Waals surface area contributed by atoms with Crippen LogP contribution in [-0.2, 0) is 0 Å². The summed E-state index contributed by atoms with van der Waals surface area (Å²) < 4.78 is 13.6. The molecule has 3 rings (SSSR count). The number of halogens is 1. The molecule has 1 aromatic rings. The van der Waals surface area contributed by atoms with Gasteiger partial charge in [0.1, 0.15) is 11.6 Å². The summed E-state index contributed by atoms with van der Waals surface area (Å²) in [5, 5.41) is 20.3. The van der Waals surface area contributed by atoms with E-state index in [9.17, 15) is 19.4 Å². The first-order valence-corrected chi connectivity index (χ1v) is 6.86. The van der Waals surface area contributed by atoms with E-state index < -0.39 is 17.6 Å². The second-order valence-corrected chi connectivity index (χ2v) is 5.56. The van der Waals surface area contributed by atoms with Gasteiger partial charge >= 0.3 is 0 Å². The van der Waals surface area contributed by atoms with E-state index in [1.165, 1.54) is 17.0 Å². The number of rotatable bonds is 1. The molecule has 6 heteroatoms. The quantitative estimate of drug-likeness (QED) is 0.836. The van der Waals surface area contributed by atoms with Crippen molar-refractivity contribution in [2.45, 2.75) is 19.4 Å². The van der Waals surface area contributed by atoms with E-state index >= 15 is 0 Å². The zero-order chi connectivity index (χ0) is 14.4. The molecule has 2 aliphatic rings. The highest BCUT2D eigenvalue weighted by Gasteiger charge is 2.37. The molecule has 0 fully saturated rings. The Kier molecular flexibility index (Phi) is 2.90. The van der Waals surface area contributed by atoms with Gasteiger partial charge in [0.2, 0.25) is 0 Å². The Morgan fingerprint density at radius 2 is 2.30 bits per heavy atom. The van der Waals surface area contributed by atoms with Gasteiger partial charge in [-0.25, -0.2) is 4.39 Å². The third-order valence-corrected chi connectivity index (χ3v) is 4.08. The lowest BCUT2D eigenvalue weighted by Crippen LogP contribution is -2.37. The molecular formula is C14H11FNO3S. The Morgan fingerprint density at radius 1 is 1.55 bits per heavy atom. The van der Waals surface area contributed by atoms with Gasteiger partial charge in [0.25, 0.3) is 5.91 Å². The number of amides is 1. The zero-order valence-corrected chi connectivity index (χ0v) is 11.4. The van der Waals surface area contributed by atoms with Crippen LogP contribution in [0.5, 0.6) is 5.06 Å². The Balaban J connectivity index is 1.95. The van der Waals surface area contributed by atoms with E-state index in [1.807, 2.05) is 0 Å². The summed E-state index contributed by atoms with van der Waals surface area (Å²) in [6.07, 6.45) is 4.21. The molecule has 0 saturated carbocycles. The van der Waals surface area contributed by atoms with Crippen LogP contribution < -0.4 is 0 Å². The zero-order valence-electron chi connectivity index (χ0n) is 10.6. The van der Waals surface area contributed by atoms with E-state index in [0.29, 0.717) is 16.8 Å². The molecule has 1 aliphatic heterocycles. The maximum atomic E-state index is 13.6. The number of hydrogen-bond acceptors (Lipinski definition) is 4. The number of aromatic hydroxyl groups is 1. The number of hydrogen-bond donors (Lipinski definition) is 2. The summed E-state index contributed by atoms with van der Waals surface area (Å²) in [5.74, 6) is -1.35. The van der Waals surface area contributed by atoms with Gasteiger partial charge in [-0.15, -0.1) is 11.3 Å². The van der Waals surface area contributed by atoms with Crippen LogP contribution in [0, 0.1) is 6.08 Å². The summed E-state index contributed by atoms with van der Waals surface area (Å²) in [4.78, 5) is 13.9. The van der Waals surface area contributed by atoms with E-state index in [4.69, 9.17) is 0 Å². The molecule has 103 valence electrons. The van der Waals surface area contributed by atoms with Crippen LogP contribution >= 0.6 is 11.3 Å². The van der Waals surface area contributed by atoms with Crippen molar-refractivity contribution >= 4 is 17.2 Å². The fraction of sp³-hybridized carbons (Fsp3) is 0.214. The van der Waals surface area contributed by atoms with Gasteiger partial charge in [-0.05, 0) is 18.6 Å². The van der Waals surface area contributed by atoms with Crippen molar-refractivity contribution < 1.29 is 19.4 Å². The van der Waals surface area contributed by atoms with Gasteiger partial charge in [0.05, 0.1) is 11.6 Å². The van der Waals surface area contributed by atoms with Crippen molar-refractivity contribution in [3.05, 3.63) is 52.0 Å². The molecule has 1 atom stereocenters. The smallest absolute Gasteiger partial charge is 0.259 e. The molecule has 0 aromatic carbocycles. The fourth-order valence-electron chi connectivity index (χ4n) is 2.43. The second-order valence-electron chi connectivity index (χ2n) is 4.67. The topological polar surface area (TPSA) is 60.8 Å². The minimum absolute atomic E-state index is 0.0567. The summed E-state index contributed by atoms with van der Waals surface area (Å²) in [7, 11) is 0. The Hall–Kier alpha value is -2.08. The highest BCUT2D eigenvalue weighted by atomic mass is 32.1. The van der Waals surface area contributed by atoms with Gasteiger partial charge in [-0.3, -0.25) is 4.79 Å². The van der Waals surface area contributed by atoms with Crippen molar-refractivity contribution in [3.8, 4) is 5.06 Å². The molecule has 1 aliphatic carbocycles. The average Bonchev–Trinajstić information content (AvgIpc) is 2.93. The predicted molar refractivity (Wildman–Crippen MR) is 71.8 cm³/mol. The molecular weight excluding hydrogens is 281 g/mol. The molecule has 2 heterocycles. The Morgan fingerprint density at radius 3 is 2.95 bits per heavy atom. The highest BCUT2D eigenvalue weighted by molar-refractivity contribution is 7.12. The van der Waals surface area contributed by atoms with Gasteiger partial charge in [0, 0.05) is 29.6 Å². The predicted octanol–water partition coefficient (Wildman–Crippen LogP) is 3.05. The Bertz CT molecular complexity index is 686. The minimum atomic E-state index is -0.638. The molecule has 0 bridgehead atoms. The number of thiophene rings is 1. The SMILES string of the molecule is CC1=[C]C2=CC(O)=C(F)CC2N1C(=O)c1csc(O)c1. The number of aliphatic hydroxyl groups is 1. The molecule has 1 unspecified atom stereocenters. The first-order chi connectivity index (χ1) is 9.47. The third-order valence-electron chi connectivity index (χ3n) is 3.35. The largest absolute Gasteiger partial charge is 0.505 e. The summed E-state index contributed by atoms with van der Waals surface area (Å²) in [6.45, 7) is 1.71. The Labute approximate surface area is 118 Å². The van der Waals surface area contributed by atoms with E-state index in [-0.39, 0.29) is 17.4 Å². The summed E-state index contributed by atoms with van der Waals surface area (Å²) in [6, 6.07) is 0.898. The molecule has 0 saturated heterocycles. The molecule has 1 radical (unpaired) electrons. The number of fused-ring (bicyclic) bond motifs is 1.